The number of amides is 1. The van der Waals surface area contributed by atoms with Gasteiger partial charge in [-0.3, -0.25) is 4.79 Å². The highest BCUT2D eigenvalue weighted by Crippen LogP contribution is 2.36. The van der Waals surface area contributed by atoms with Gasteiger partial charge in [0.2, 0.25) is 5.91 Å². The molecule has 0 aromatic heterocycles. The number of carboxylic acid groups (broad SMARTS) is 1. The molecule has 20 heavy (non-hydrogen) atoms. The van der Waals surface area contributed by atoms with Crippen molar-refractivity contribution in [1.82, 2.24) is 10.2 Å². The van der Waals surface area contributed by atoms with E-state index in [1.54, 1.807) is 12.0 Å². The molecule has 3 unspecified atom stereocenters. The van der Waals surface area contributed by atoms with Crippen LogP contribution < -0.4 is 5.32 Å². The molecule has 0 spiro atoms. The molecular formula is C14H24N2O4. The second kappa shape index (κ2) is 5.69. The van der Waals surface area contributed by atoms with Crippen molar-refractivity contribution in [1.29, 1.82) is 0 Å². The van der Waals surface area contributed by atoms with Gasteiger partial charge in [-0.05, 0) is 24.7 Å². The van der Waals surface area contributed by atoms with Gasteiger partial charge in [0.05, 0.1) is 12.1 Å². The van der Waals surface area contributed by atoms with Gasteiger partial charge in [0, 0.05) is 20.2 Å². The second-order valence-electron chi connectivity index (χ2n) is 6.42. The van der Waals surface area contributed by atoms with Gasteiger partial charge < -0.3 is 20.1 Å². The zero-order valence-corrected chi connectivity index (χ0v) is 12.4. The SMILES string of the molecule is COC1CNC(C(=O)N2CCCC(C)(C)C2C(=O)O)C1. The van der Waals surface area contributed by atoms with Gasteiger partial charge in [0.1, 0.15) is 6.04 Å². The largest absolute Gasteiger partial charge is 0.480 e. The van der Waals surface area contributed by atoms with Gasteiger partial charge in [0.25, 0.3) is 0 Å². The van der Waals surface area contributed by atoms with E-state index in [1.165, 1.54) is 0 Å². The van der Waals surface area contributed by atoms with Crippen molar-refractivity contribution >= 4 is 11.9 Å². The number of carboxylic acids is 1. The summed E-state index contributed by atoms with van der Waals surface area (Å²) in [5.41, 5.74) is -0.390. The van der Waals surface area contributed by atoms with Crippen molar-refractivity contribution < 1.29 is 19.4 Å². The van der Waals surface area contributed by atoms with E-state index in [4.69, 9.17) is 4.74 Å². The van der Waals surface area contributed by atoms with Gasteiger partial charge in [-0.15, -0.1) is 0 Å². The van der Waals surface area contributed by atoms with Crippen molar-refractivity contribution in [3.8, 4) is 0 Å². The molecule has 0 aliphatic carbocycles. The number of nitrogens with zero attached hydrogens (tertiary/aromatic N) is 1. The van der Waals surface area contributed by atoms with Crippen molar-refractivity contribution in [2.75, 3.05) is 20.2 Å². The van der Waals surface area contributed by atoms with E-state index in [0.717, 1.165) is 12.8 Å². The smallest absolute Gasteiger partial charge is 0.326 e. The fourth-order valence-corrected chi connectivity index (χ4v) is 3.37. The number of carbonyl (C=O) groups excluding carboxylic acids is 1. The third-order valence-corrected chi connectivity index (χ3v) is 4.51. The van der Waals surface area contributed by atoms with E-state index in [0.29, 0.717) is 19.5 Å². The minimum absolute atomic E-state index is 0.0324. The summed E-state index contributed by atoms with van der Waals surface area (Å²) < 4.78 is 5.24. The third kappa shape index (κ3) is 2.81. The van der Waals surface area contributed by atoms with Crippen molar-refractivity contribution in [2.45, 2.75) is 51.3 Å². The average molecular weight is 284 g/mol. The standard InChI is InChI=1S/C14H24N2O4/c1-14(2)5-4-6-16(11(14)13(18)19)12(17)10-7-9(20-3)8-15-10/h9-11,15H,4-8H2,1-3H3,(H,18,19). The van der Waals surface area contributed by atoms with Gasteiger partial charge in [-0.25, -0.2) is 4.79 Å². The molecule has 2 rings (SSSR count). The minimum Gasteiger partial charge on any atom is -0.480 e. The van der Waals surface area contributed by atoms with Crippen LogP contribution in [0, 0.1) is 5.41 Å². The Morgan fingerprint density at radius 2 is 2.10 bits per heavy atom. The van der Waals surface area contributed by atoms with Gasteiger partial charge >= 0.3 is 5.97 Å². The number of ether oxygens (including phenoxy) is 1. The topological polar surface area (TPSA) is 78.9 Å². The summed E-state index contributed by atoms with van der Waals surface area (Å²) in [5.74, 6) is -1.02. The maximum absolute atomic E-state index is 12.6. The summed E-state index contributed by atoms with van der Waals surface area (Å²) in [6.45, 7) is 5.01. The van der Waals surface area contributed by atoms with Crippen LogP contribution in [-0.2, 0) is 14.3 Å². The molecule has 0 aromatic carbocycles. The lowest BCUT2D eigenvalue weighted by Gasteiger charge is -2.44. The molecule has 2 fully saturated rings. The lowest BCUT2D eigenvalue weighted by atomic mass is 9.76. The fraction of sp³-hybridized carbons (Fsp3) is 0.857. The number of piperidine rings is 1. The van der Waals surface area contributed by atoms with E-state index >= 15 is 0 Å². The maximum Gasteiger partial charge on any atom is 0.326 e. The van der Waals surface area contributed by atoms with Crippen LogP contribution in [0.5, 0.6) is 0 Å². The van der Waals surface area contributed by atoms with Crippen LogP contribution in [0.25, 0.3) is 0 Å². The molecule has 0 bridgehead atoms. The van der Waals surface area contributed by atoms with Gasteiger partial charge in [-0.1, -0.05) is 13.8 Å². The number of hydrogen-bond acceptors (Lipinski definition) is 4. The van der Waals surface area contributed by atoms with Crippen LogP contribution in [-0.4, -0.2) is 60.3 Å². The summed E-state index contributed by atoms with van der Waals surface area (Å²) in [6.07, 6.45) is 2.32. The van der Waals surface area contributed by atoms with Crippen LogP contribution in [0.4, 0.5) is 0 Å². The van der Waals surface area contributed by atoms with Crippen molar-refractivity contribution in [3.63, 3.8) is 0 Å². The van der Waals surface area contributed by atoms with Gasteiger partial charge in [-0.2, -0.15) is 0 Å². The maximum atomic E-state index is 12.6. The summed E-state index contributed by atoms with van der Waals surface area (Å²) >= 11 is 0. The van der Waals surface area contributed by atoms with Crippen LogP contribution in [0.2, 0.25) is 0 Å². The monoisotopic (exact) mass is 284 g/mol. The van der Waals surface area contributed by atoms with E-state index in [1.807, 2.05) is 13.8 Å². The first-order chi connectivity index (χ1) is 9.36. The first kappa shape index (κ1) is 15.3. The highest BCUT2D eigenvalue weighted by molar-refractivity contribution is 5.88. The number of rotatable bonds is 3. The van der Waals surface area contributed by atoms with Crippen molar-refractivity contribution in [3.05, 3.63) is 0 Å². The number of nitrogens with one attached hydrogen (secondary N) is 1. The molecule has 6 heteroatoms. The Morgan fingerprint density at radius 1 is 1.40 bits per heavy atom. The molecule has 2 saturated heterocycles. The summed E-state index contributed by atoms with van der Waals surface area (Å²) in [5, 5.41) is 12.6. The number of carbonyl (C=O) groups is 2. The zero-order chi connectivity index (χ0) is 14.9. The molecule has 3 atom stereocenters. The highest BCUT2D eigenvalue weighted by Gasteiger charge is 2.46. The molecule has 2 aliphatic heterocycles. The second-order valence-corrected chi connectivity index (χ2v) is 6.42. The normalized spacial score (nSPS) is 33.1. The molecule has 2 N–H and O–H groups in total. The van der Waals surface area contributed by atoms with E-state index < -0.39 is 12.0 Å². The molecule has 1 amide bonds. The van der Waals surface area contributed by atoms with E-state index in [-0.39, 0.29) is 23.5 Å². The Morgan fingerprint density at radius 3 is 2.65 bits per heavy atom. The van der Waals surface area contributed by atoms with E-state index in [9.17, 15) is 14.7 Å². The van der Waals surface area contributed by atoms with E-state index in [2.05, 4.69) is 5.32 Å². The highest BCUT2D eigenvalue weighted by atomic mass is 16.5. The molecule has 0 aromatic rings. The van der Waals surface area contributed by atoms with Crippen LogP contribution in [0.15, 0.2) is 0 Å². The number of hydrogen-bond donors (Lipinski definition) is 2. The predicted octanol–water partition coefficient (Wildman–Crippen LogP) is 0.465. The molecule has 0 saturated carbocycles. The van der Waals surface area contributed by atoms with Crippen LogP contribution >= 0.6 is 0 Å². The summed E-state index contributed by atoms with van der Waals surface area (Å²) in [6, 6.07) is -1.07. The zero-order valence-electron chi connectivity index (χ0n) is 12.4. The predicted molar refractivity (Wildman–Crippen MR) is 73.4 cm³/mol. The minimum atomic E-state index is -0.913. The molecule has 6 nitrogen and oxygen atoms in total. The number of likely N-dealkylation sites (tertiary alicyclic amines) is 1. The molecule has 2 aliphatic rings. The lowest BCUT2D eigenvalue weighted by Crippen LogP contribution is -2.59. The third-order valence-electron chi connectivity index (χ3n) is 4.51. The molecule has 0 radical (unpaired) electrons. The first-order valence-electron chi connectivity index (χ1n) is 7.16. The molecular weight excluding hydrogens is 260 g/mol. The van der Waals surface area contributed by atoms with Gasteiger partial charge in [0.15, 0.2) is 0 Å². The summed E-state index contributed by atoms with van der Waals surface area (Å²) in [4.78, 5) is 25.7. The van der Waals surface area contributed by atoms with Crippen LogP contribution in [0.1, 0.15) is 33.1 Å². The number of methoxy groups -OCH3 is 1. The quantitative estimate of drug-likeness (QED) is 0.787. The Kier molecular flexibility index (Phi) is 4.34. The van der Waals surface area contributed by atoms with Crippen molar-refractivity contribution in [2.24, 2.45) is 5.41 Å². The van der Waals surface area contributed by atoms with Crippen LogP contribution in [0.3, 0.4) is 0 Å². The Bertz CT molecular complexity index is 397. The number of aliphatic carboxylic acids is 1. The fourth-order valence-electron chi connectivity index (χ4n) is 3.37. The molecule has 2 heterocycles. The Balaban J connectivity index is 2.13. The lowest BCUT2D eigenvalue weighted by molar-refractivity contribution is -0.159. The Labute approximate surface area is 119 Å². The Hall–Kier alpha value is -1.14. The summed E-state index contributed by atoms with van der Waals surface area (Å²) in [7, 11) is 1.63. The first-order valence-corrected chi connectivity index (χ1v) is 7.16. The molecule has 114 valence electrons. The average Bonchev–Trinajstić information content (AvgIpc) is 2.84.